The number of hydrogen-bond acceptors (Lipinski definition) is 6. The van der Waals surface area contributed by atoms with Crippen molar-refractivity contribution in [3.63, 3.8) is 0 Å². The van der Waals surface area contributed by atoms with Crippen LogP contribution in [0.2, 0.25) is 5.28 Å². The molecule has 3 aromatic rings. The average molecular weight is 294 g/mol. The highest BCUT2D eigenvalue weighted by Gasteiger charge is 2.12. The number of rotatable bonds is 5. The summed E-state index contributed by atoms with van der Waals surface area (Å²) in [6.07, 6.45) is 3.25. The number of fused-ring (bicyclic) bond motifs is 1. The second kappa shape index (κ2) is 5.48. The van der Waals surface area contributed by atoms with Crippen LogP contribution >= 0.6 is 11.6 Å². The Bertz CT molecular complexity index is 710. The lowest BCUT2D eigenvalue weighted by Gasteiger charge is -2.06. The first-order valence-corrected chi connectivity index (χ1v) is 6.42. The summed E-state index contributed by atoms with van der Waals surface area (Å²) in [5.74, 6) is 1.37. The van der Waals surface area contributed by atoms with Gasteiger partial charge in [-0.15, -0.1) is 0 Å². The Morgan fingerprint density at radius 2 is 2.30 bits per heavy atom. The second-order valence-electron chi connectivity index (χ2n) is 4.10. The first-order valence-electron chi connectivity index (χ1n) is 6.04. The van der Waals surface area contributed by atoms with E-state index in [0.717, 1.165) is 11.1 Å². The molecule has 0 aliphatic rings. The topological polar surface area (TPSA) is 89.0 Å². The summed E-state index contributed by atoms with van der Waals surface area (Å²) >= 11 is 5.92. The summed E-state index contributed by atoms with van der Waals surface area (Å²) in [5, 5.41) is 17.2. The number of furan rings is 1. The van der Waals surface area contributed by atoms with Crippen molar-refractivity contribution in [1.29, 1.82) is 0 Å². The van der Waals surface area contributed by atoms with E-state index in [9.17, 15) is 0 Å². The van der Waals surface area contributed by atoms with Crippen molar-refractivity contribution < 1.29 is 9.52 Å². The van der Waals surface area contributed by atoms with E-state index in [4.69, 9.17) is 21.1 Å². The third-order valence-electron chi connectivity index (χ3n) is 2.79. The van der Waals surface area contributed by atoms with Crippen molar-refractivity contribution in [3.05, 3.63) is 35.6 Å². The standard InChI is InChI=1S/C12H12ClN5O2/c13-12-16-10(14-6-8-2-1-5-20-8)9-7-15-18(3-4-19)11(9)17-12/h1-2,5,7,19H,3-4,6H2,(H,14,16,17). The Balaban J connectivity index is 1.93. The summed E-state index contributed by atoms with van der Waals surface area (Å²) < 4.78 is 6.83. The summed E-state index contributed by atoms with van der Waals surface area (Å²) in [5.41, 5.74) is 0.584. The molecule has 3 aromatic heterocycles. The molecule has 0 radical (unpaired) electrons. The van der Waals surface area contributed by atoms with Gasteiger partial charge >= 0.3 is 0 Å². The van der Waals surface area contributed by atoms with Gasteiger partial charge in [0.25, 0.3) is 0 Å². The predicted molar refractivity (Wildman–Crippen MR) is 73.5 cm³/mol. The van der Waals surface area contributed by atoms with Gasteiger partial charge in [-0.2, -0.15) is 15.1 Å². The van der Waals surface area contributed by atoms with Gasteiger partial charge in [0.05, 0.1) is 37.5 Å². The van der Waals surface area contributed by atoms with Gasteiger partial charge in [0.2, 0.25) is 5.28 Å². The maximum atomic E-state index is 9.00. The number of anilines is 1. The van der Waals surface area contributed by atoms with Gasteiger partial charge in [-0.25, -0.2) is 4.68 Å². The predicted octanol–water partition coefficient (Wildman–Crippen LogP) is 1.68. The van der Waals surface area contributed by atoms with Gasteiger partial charge in [-0.3, -0.25) is 0 Å². The smallest absolute Gasteiger partial charge is 0.226 e. The zero-order valence-corrected chi connectivity index (χ0v) is 11.2. The number of nitrogens with zero attached hydrogens (tertiary/aromatic N) is 4. The van der Waals surface area contributed by atoms with Gasteiger partial charge in [0, 0.05) is 0 Å². The van der Waals surface area contributed by atoms with Gasteiger partial charge in [-0.1, -0.05) is 0 Å². The molecule has 2 N–H and O–H groups in total. The summed E-state index contributed by atoms with van der Waals surface area (Å²) in [4.78, 5) is 8.30. The Hall–Kier alpha value is -2.12. The molecule has 3 heterocycles. The van der Waals surface area contributed by atoms with Crippen molar-refractivity contribution in [2.75, 3.05) is 11.9 Å². The Morgan fingerprint density at radius 3 is 3.05 bits per heavy atom. The van der Waals surface area contributed by atoms with Gasteiger partial charge in [0.15, 0.2) is 5.65 Å². The lowest BCUT2D eigenvalue weighted by molar-refractivity contribution is 0.271. The normalized spacial score (nSPS) is 11.1. The molecule has 0 aliphatic carbocycles. The van der Waals surface area contributed by atoms with Crippen LogP contribution in [0.4, 0.5) is 5.82 Å². The highest BCUT2D eigenvalue weighted by molar-refractivity contribution is 6.28. The van der Waals surface area contributed by atoms with Crippen LogP contribution in [0, 0.1) is 0 Å². The van der Waals surface area contributed by atoms with Crippen molar-refractivity contribution in [3.8, 4) is 0 Å². The van der Waals surface area contributed by atoms with E-state index in [2.05, 4.69) is 20.4 Å². The molecule has 0 bridgehead atoms. The molecule has 0 saturated carbocycles. The van der Waals surface area contributed by atoms with E-state index >= 15 is 0 Å². The van der Waals surface area contributed by atoms with E-state index in [-0.39, 0.29) is 11.9 Å². The molecule has 0 spiro atoms. The molecule has 0 saturated heterocycles. The van der Waals surface area contributed by atoms with E-state index < -0.39 is 0 Å². The quantitative estimate of drug-likeness (QED) is 0.696. The summed E-state index contributed by atoms with van der Waals surface area (Å²) in [6, 6.07) is 3.68. The number of aromatic nitrogens is 4. The fourth-order valence-corrected chi connectivity index (χ4v) is 2.07. The summed E-state index contributed by atoms with van der Waals surface area (Å²) in [6.45, 7) is 0.822. The molecule has 0 unspecified atom stereocenters. The van der Waals surface area contributed by atoms with Crippen LogP contribution in [0.1, 0.15) is 5.76 Å². The van der Waals surface area contributed by atoms with Crippen LogP contribution in [0.15, 0.2) is 29.0 Å². The molecule has 8 heteroatoms. The van der Waals surface area contributed by atoms with Crippen LogP contribution in [0.25, 0.3) is 11.0 Å². The third kappa shape index (κ3) is 2.45. The fraction of sp³-hybridized carbons (Fsp3) is 0.250. The molecule has 7 nitrogen and oxygen atoms in total. The number of aliphatic hydroxyl groups excluding tert-OH is 1. The third-order valence-corrected chi connectivity index (χ3v) is 2.96. The van der Waals surface area contributed by atoms with Crippen molar-refractivity contribution in [1.82, 2.24) is 19.7 Å². The first-order chi connectivity index (χ1) is 9.78. The van der Waals surface area contributed by atoms with Crippen molar-refractivity contribution in [2.45, 2.75) is 13.1 Å². The molecule has 0 aliphatic heterocycles. The first kappa shape index (κ1) is 12.9. The number of nitrogens with one attached hydrogen (secondary N) is 1. The molecule has 104 valence electrons. The van der Waals surface area contributed by atoms with E-state index in [0.29, 0.717) is 24.6 Å². The fourth-order valence-electron chi connectivity index (χ4n) is 1.91. The van der Waals surface area contributed by atoms with Crippen LogP contribution in [-0.4, -0.2) is 31.5 Å². The highest BCUT2D eigenvalue weighted by atomic mass is 35.5. The molecule has 0 amide bonds. The SMILES string of the molecule is OCCn1ncc2c(NCc3ccco3)nc(Cl)nc21. The summed E-state index contributed by atoms with van der Waals surface area (Å²) in [7, 11) is 0. The van der Waals surface area contributed by atoms with E-state index in [1.165, 1.54) is 0 Å². The molecule has 0 aromatic carbocycles. The van der Waals surface area contributed by atoms with Gasteiger partial charge < -0.3 is 14.8 Å². The lowest BCUT2D eigenvalue weighted by atomic mass is 10.3. The van der Waals surface area contributed by atoms with E-state index in [1.807, 2.05) is 12.1 Å². The zero-order valence-electron chi connectivity index (χ0n) is 10.5. The zero-order chi connectivity index (χ0) is 13.9. The highest BCUT2D eigenvalue weighted by Crippen LogP contribution is 2.22. The Labute approximate surface area is 119 Å². The Kier molecular flexibility index (Phi) is 3.53. The Morgan fingerprint density at radius 1 is 1.40 bits per heavy atom. The van der Waals surface area contributed by atoms with Crippen molar-refractivity contribution in [2.24, 2.45) is 0 Å². The lowest BCUT2D eigenvalue weighted by Crippen LogP contribution is -2.06. The van der Waals surface area contributed by atoms with Crippen LogP contribution in [0.5, 0.6) is 0 Å². The number of aliphatic hydroxyl groups is 1. The molecule has 0 fully saturated rings. The van der Waals surface area contributed by atoms with Crippen LogP contribution < -0.4 is 5.32 Å². The van der Waals surface area contributed by atoms with E-state index in [1.54, 1.807) is 17.1 Å². The van der Waals surface area contributed by atoms with Gasteiger partial charge in [-0.05, 0) is 23.7 Å². The molecule has 20 heavy (non-hydrogen) atoms. The van der Waals surface area contributed by atoms with Crippen molar-refractivity contribution >= 4 is 28.5 Å². The second-order valence-corrected chi connectivity index (χ2v) is 4.44. The number of hydrogen-bond donors (Lipinski definition) is 2. The minimum absolute atomic E-state index is 0.0203. The van der Waals surface area contributed by atoms with Crippen LogP contribution in [0.3, 0.4) is 0 Å². The molecule has 0 atom stereocenters. The maximum absolute atomic E-state index is 9.00. The average Bonchev–Trinajstić information content (AvgIpc) is 3.07. The molecular weight excluding hydrogens is 282 g/mol. The largest absolute Gasteiger partial charge is 0.467 e. The minimum atomic E-state index is -0.0203. The number of halogens is 1. The maximum Gasteiger partial charge on any atom is 0.226 e. The monoisotopic (exact) mass is 293 g/mol. The molecule has 3 rings (SSSR count). The van der Waals surface area contributed by atoms with Crippen LogP contribution in [-0.2, 0) is 13.1 Å². The molecular formula is C12H12ClN5O2. The minimum Gasteiger partial charge on any atom is -0.467 e. The van der Waals surface area contributed by atoms with Gasteiger partial charge in [0.1, 0.15) is 11.6 Å².